The van der Waals surface area contributed by atoms with Crippen LogP contribution in [0.5, 0.6) is 0 Å². The van der Waals surface area contributed by atoms with Crippen molar-refractivity contribution in [1.82, 2.24) is 15.0 Å². The Bertz CT molecular complexity index is 1060. The molecule has 124 valence electrons. The van der Waals surface area contributed by atoms with E-state index < -0.39 is 0 Å². The molecule has 4 rings (SSSR count). The van der Waals surface area contributed by atoms with Crippen LogP contribution in [0.3, 0.4) is 0 Å². The van der Waals surface area contributed by atoms with Crippen LogP contribution in [-0.2, 0) is 6.42 Å². The Morgan fingerprint density at radius 1 is 1.12 bits per heavy atom. The number of pyridine rings is 1. The van der Waals surface area contributed by atoms with E-state index in [-0.39, 0.29) is 5.82 Å². The second-order valence-corrected chi connectivity index (χ2v) is 7.04. The maximum Gasteiger partial charge on any atom is 0.163 e. The SMILES string of the molecule is Nc1nc(-c2cccc(F)c2)nc2sc(Cc3ccc(Cl)nc3)cc12. The van der Waals surface area contributed by atoms with Crippen molar-refractivity contribution in [2.24, 2.45) is 0 Å². The van der Waals surface area contributed by atoms with Gasteiger partial charge in [-0.3, -0.25) is 0 Å². The number of fused-ring (bicyclic) bond motifs is 1. The summed E-state index contributed by atoms with van der Waals surface area (Å²) in [6.45, 7) is 0. The molecule has 0 radical (unpaired) electrons. The first kappa shape index (κ1) is 15.9. The Morgan fingerprint density at radius 3 is 2.76 bits per heavy atom. The molecule has 2 N–H and O–H groups in total. The van der Waals surface area contributed by atoms with E-state index in [0.29, 0.717) is 28.8 Å². The van der Waals surface area contributed by atoms with Crippen molar-refractivity contribution >= 4 is 39.0 Å². The van der Waals surface area contributed by atoms with Crippen molar-refractivity contribution in [3.05, 3.63) is 70.1 Å². The fraction of sp³-hybridized carbons (Fsp3) is 0.0556. The molecule has 3 aromatic heterocycles. The molecule has 0 aliphatic carbocycles. The molecular formula is C18H12ClFN4S. The Morgan fingerprint density at radius 2 is 2.00 bits per heavy atom. The van der Waals surface area contributed by atoms with Crippen LogP contribution in [-0.4, -0.2) is 15.0 Å². The van der Waals surface area contributed by atoms with Crippen LogP contribution in [0.1, 0.15) is 10.4 Å². The Kier molecular flexibility index (Phi) is 4.07. The van der Waals surface area contributed by atoms with Crippen molar-refractivity contribution < 1.29 is 4.39 Å². The van der Waals surface area contributed by atoms with Crippen molar-refractivity contribution in [2.75, 3.05) is 5.73 Å². The average molecular weight is 371 g/mol. The summed E-state index contributed by atoms with van der Waals surface area (Å²) >= 11 is 7.35. The Balaban J connectivity index is 1.73. The smallest absolute Gasteiger partial charge is 0.163 e. The number of hydrogen-bond acceptors (Lipinski definition) is 5. The highest BCUT2D eigenvalue weighted by atomic mass is 35.5. The highest BCUT2D eigenvalue weighted by molar-refractivity contribution is 7.18. The molecule has 0 saturated heterocycles. The number of anilines is 1. The summed E-state index contributed by atoms with van der Waals surface area (Å²) < 4.78 is 13.4. The van der Waals surface area contributed by atoms with E-state index in [1.165, 1.54) is 23.5 Å². The monoisotopic (exact) mass is 370 g/mol. The summed E-state index contributed by atoms with van der Waals surface area (Å²) in [5, 5.41) is 1.28. The molecule has 0 amide bonds. The van der Waals surface area contributed by atoms with Gasteiger partial charge in [0.05, 0.1) is 5.39 Å². The van der Waals surface area contributed by atoms with Crippen LogP contribution in [0.15, 0.2) is 48.7 Å². The van der Waals surface area contributed by atoms with Gasteiger partial charge in [0.15, 0.2) is 5.82 Å². The van der Waals surface area contributed by atoms with Crippen molar-refractivity contribution in [2.45, 2.75) is 6.42 Å². The van der Waals surface area contributed by atoms with Gasteiger partial charge in [-0.15, -0.1) is 11.3 Å². The number of hydrogen-bond donors (Lipinski definition) is 1. The largest absolute Gasteiger partial charge is 0.383 e. The average Bonchev–Trinajstić information content (AvgIpc) is 3.00. The summed E-state index contributed by atoms with van der Waals surface area (Å²) in [6.07, 6.45) is 2.46. The van der Waals surface area contributed by atoms with Crippen molar-refractivity contribution in [3.8, 4) is 11.4 Å². The third kappa shape index (κ3) is 3.31. The topological polar surface area (TPSA) is 64.7 Å². The normalized spacial score (nSPS) is 11.1. The van der Waals surface area contributed by atoms with E-state index in [9.17, 15) is 4.39 Å². The molecule has 0 unspecified atom stereocenters. The first-order valence-corrected chi connectivity index (χ1v) is 8.70. The highest BCUT2D eigenvalue weighted by Gasteiger charge is 2.12. The summed E-state index contributed by atoms with van der Waals surface area (Å²) in [4.78, 5) is 14.8. The predicted molar refractivity (Wildman–Crippen MR) is 99.3 cm³/mol. The highest BCUT2D eigenvalue weighted by Crippen LogP contribution is 2.31. The van der Waals surface area contributed by atoms with Crippen LogP contribution in [0.25, 0.3) is 21.6 Å². The van der Waals surface area contributed by atoms with Gasteiger partial charge < -0.3 is 5.73 Å². The molecule has 0 aliphatic heterocycles. The van der Waals surface area contributed by atoms with Gasteiger partial charge in [0.25, 0.3) is 0 Å². The van der Waals surface area contributed by atoms with Gasteiger partial charge in [0, 0.05) is 23.1 Å². The molecule has 4 aromatic rings. The third-order valence-electron chi connectivity index (χ3n) is 3.72. The quantitative estimate of drug-likeness (QED) is 0.530. The lowest BCUT2D eigenvalue weighted by Gasteiger charge is -2.02. The molecule has 0 fully saturated rings. The lowest BCUT2D eigenvalue weighted by Crippen LogP contribution is -1.96. The van der Waals surface area contributed by atoms with Crippen LogP contribution < -0.4 is 5.73 Å². The molecule has 0 spiro atoms. The maximum atomic E-state index is 13.4. The molecule has 7 heteroatoms. The first-order chi connectivity index (χ1) is 12.1. The van der Waals surface area contributed by atoms with Crippen LogP contribution in [0.4, 0.5) is 10.2 Å². The number of rotatable bonds is 3. The minimum absolute atomic E-state index is 0.332. The van der Waals surface area contributed by atoms with Gasteiger partial charge in [-0.1, -0.05) is 29.8 Å². The number of aromatic nitrogens is 3. The summed E-state index contributed by atoms with van der Waals surface area (Å²) in [7, 11) is 0. The number of nitrogens with two attached hydrogens (primary N) is 1. The van der Waals surface area contributed by atoms with E-state index in [1.54, 1.807) is 24.4 Å². The molecule has 0 atom stereocenters. The first-order valence-electron chi connectivity index (χ1n) is 7.51. The molecule has 4 nitrogen and oxygen atoms in total. The predicted octanol–water partition coefficient (Wildman–Crippen LogP) is 4.72. The minimum atomic E-state index is -0.332. The van der Waals surface area contributed by atoms with E-state index in [2.05, 4.69) is 15.0 Å². The Hall–Kier alpha value is -2.57. The lowest BCUT2D eigenvalue weighted by molar-refractivity contribution is 0.628. The lowest BCUT2D eigenvalue weighted by atomic mass is 10.2. The zero-order valence-electron chi connectivity index (χ0n) is 12.9. The number of benzene rings is 1. The van der Waals surface area contributed by atoms with Gasteiger partial charge in [-0.2, -0.15) is 0 Å². The zero-order chi connectivity index (χ0) is 17.4. The van der Waals surface area contributed by atoms with Gasteiger partial charge >= 0.3 is 0 Å². The number of nitrogen functional groups attached to an aromatic ring is 1. The maximum absolute atomic E-state index is 13.4. The van der Waals surface area contributed by atoms with E-state index >= 15 is 0 Å². The number of halogens is 2. The second-order valence-electron chi connectivity index (χ2n) is 5.54. The van der Waals surface area contributed by atoms with Crippen LogP contribution in [0, 0.1) is 5.82 Å². The molecule has 0 bridgehead atoms. The van der Waals surface area contributed by atoms with Crippen LogP contribution >= 0.6 is 22.9 Å². The summed E-state index contributed by atoms with van der Waals surface area (Å²) in [5.41, 5.74) is 7.74. The number of thiophene rings is 1. The Labute approximate surface area is 152 Å². The minimum Gasteiger partial charge on any atom is -0.383 e. The van der Waals surface area contributed by atoms with E-state index in [4.69, 9.17) is 17.3 Å². The van der Waals surface area contributed by atoms with Gasteiger partial charge in [-0.25, -0.2) is 19.3 Å². The van der Waals surface area contributed by atoms with Crippen molar-refractivity contribution in [3.63, 3.8) is 0 Å². The molecule has 3 heterocycles. The van der Waals surface area contributed by atoms with Gasteiger partial charge in [0.1, 0.15) is 21.6 Å². The van der Waals surface area contributed by atoms with Crippen LogP contribution in [0.2, 0.25) is 5.15 Å². The fourth-order valence-electron chi connectivity index (χ4n) is 2.55. The molecule has 1 aromatic carbocycles. The van der Waals surface area contributed by atoms with Crippen molar-refractivity contribution in [1.29, 1.82) is 0 Å². The van der Waals surface area contributed by atoms with Gasteiger partial charge in [-0.05, 0) is 29.8 Å². The summed E-state index contributed by atoms with van der Waals surface area (Å²) in [5.74, 6) is 0.480. The third-order valence-corrected chi connectivity index (χ3v) is 4.98. The van der Waals surface area contributed by atoms with Gasteiger partial charge in [0.2, 0.25) is 0 Å². The molecule has 25 heavy (non-hydrogen) atoms. The molecule has 0 aliphatic rings. The molecular weight excluding hydrogens is 359 g/mol. The zero-order valence-corrected chi connectivity index (χ0v) is 14.5. The fourth-order valence-corrected chi connectivity index (χ4v) is 3.73. The molecule has 0 saturated carbocycles. The number of nitrogens with zero attached hydrogens (tertiary/aromatic N) is 3. The second kappa shape index (κ2) is 6.38. The van der Waals surface area contributed by atoms with E-state index in [1.807, 2.05) is 12.1 Å². The summed E-state index contributed by atoms with van der Waals surface area (Å²) in [6, 6.07) is 11.9. The van der Waals surface area contributed by atoms with E-state index in [0.717, 1.165) is 20.7 Å². The standard InChI is InChI=1S/C18H12ClFN4S/c19-15-5-4-10(9-22-15)6-13-8-14-16(21)23-17(24-18(14)25-13)11-2-1-3-12(20)7-11/h1-5,7-9H,6H2,(H2,21,23,24).